The van der Waals surface area contributed by atoms with Gasteiger partial charge in [-0.05, 0) is 29.8 Å². The zero-order valence-corrected chi connectivity index (χ0v) is 7.40. The molecular weight excluding hydrogens is 168 g/mol. The van der Waals surface area contributed by atoms with Crippen LogP contribution in [0.3, 0.4) is 0 Å². The Hall–Kier alpha value is -1.26. The van der Waals surface area contributed by atoms with Gasteiger partial charge in [-0.3, -0.25) is 5.32 Å². The Bertz CT molecular complexity index is 269. The summed E-state index contributed by atoms with van der Waals surface area (Å²) in [4.78, 5) is 10.1. The molecule has 0 aromatic heterocycles. The highest BCUT2D eigenvalue weighted by atomic mass is 16.3. The molecule has 0 saturated heterocycles. The van der Waals surface area contributed by atoms with Gasteiger partial charge in [0.2, 0.25) is 0 Å². The standard InChI is InChI=1S/C9H12N2O2/c1-7(12)10-6-8-2-4-9(11-13)5-3-8/h2-5,7,10,12H,6H2,1H3. The molecule has 0 fully saturated rings. The number of rotatable bonds is 4. The molecule has 0 saturated carbocycles. The van der Waals surface area contributed by atoms with Gasteiger partial charge < -0.3 is 5.11 Å². The Kier molecular flexibility index (Phi) is 3.54. The van der Waals surface area contributed by atoms with Crippen LogP contribution in [0.25, 0.3) is 0 Å². The van der Waals surface area contributed by atoms with Gasteiger partial charge in [-0.15, -0.1) is 4.91 Å². The summed E-state index contributed by atoms with van der Waals surface area (Å²) < 4.78 is 0. The summed E-state index contributed by atoms with van der Waals surface area (Å²) in [5.74, 6) is 0. The lowest BCUT2D eigenvalue weighted by atomic mass is 10.2. The number of nitroso groups, excluding NO2 is 1. The molecule has 0 spiro atoms. The molecule has 0 aliphatic carbocycles. The van der Waals surface area contributed by atoms with Crippen molar-refractivity contribution in [2.45, 2.75) is 19.7 Å². The monoisotopic (exact) mass is 180 g/mol. The lowest BCUT2D eigenvalue weighted by Crippen LogP contribution is -2.24. The first-order chi connectivity index (χ1) is 6.22. The fraction of sp³-hybridized carbons (Fsp3) is 0.333. The quantitative estimate of drug-likeness (QED) is 0.545. The summed E-state index contributed by atoms with van der Waals surface area (Å²) >= 11 is 0. The van der Waals surface area contributed by atoms with E-state index in [9.17, 15) is 4.91 Å². The van der Waals surface area contributed by atoms with Gasteiger partial charge in [0, 0.05) is 6.54 Å². The van der Waals surface area contributed by atoms with Crippen molar-refractivity contribution >= 4 is 5.69 Å². The van der Waals surface area contributed by atoms with E-state index in [4.69, 9.17) is 5.11 Å². The molecule has 0 amide bonds. The van der Waals surface area contributed by atoms with Crippen molar-refractivity contribution in [3.63, 3.8) is 0 Å². The minimum absolute atomic E-state index is 0.417. The van der Waals surface area contributed by atoms with Gasteiger partial charge in [0.25, 0.3) is 0 Å². The third kappa shape index (κ3) is 3.31. The molecule has 13 heavy (non-hydrogen) atoms. The molecule has 4 heteroatoms. The van der Waals surface area contributed by atoms with Crippen LogP contribution in [0.2, 0.25) is 0 Å². The number of aliphatic hydroxyl groups excluding tert-OH is 1. The smallest absolute Gasteiger partial charge is 0.108 e. The van der Waals surface area contributed by atoms with Gasteiger partial charge in [-0.1, -0.05) is 12.1 Å². The van der Waals surface area contributed by atoms with E-state index >= 15 is 0 Å². The minimum Gasteiger partial charge on any atom is -0.379 e. The van der Waals surface area contributed by atoms with Crippen LogP contribution < -0.4 is 5.32 Å². The summed E-state index contributed by atoms with van der Waals surface area (Å²) in [7, 11) is 0. The maximum atomic E-state index is 10.1. The van der Waals surface area contributed by atoms with Crippen molar-refractivity contribution in [2.24, 2.45) is 5.18 Å². The molecule has 1 aromatic rings. The number of hydrogen-bond donors (Lipinski definition) is 2. The topological polar surface area (TPSA) is 61.7 Å². The average molecular weight is 180 g/mol. The Morgan fingerprint density at radius 3 is 2.54 bits per heavy atom. The first-order valence-corrected chi connectivity index (χ1v) is 4.06. The molecule has 70 valence electrons. The Labute approximate surface area is 76.6 Å². The average Bonchev–Trinajstić information content (AvgIpc) is 2.15. The van der Waals surface area contributed by atoms with E-state index in [0.29, 0.717) is 12.2 Å². The molecule has 4 nitrogen and oxygen atoms in total. The van der Waals surface area contributed by atoms with Gasteiger partial charge in [0.1, 0.15) is 11.9 Å². The van der Waals surface area contributed by atoms with Crippen molar-refractivity contribution < 1.29 is 5.11 Å². The lowest BCUT2D eigenvalue weighted by molar-refractivity contribution is 0.155. The van der Waals surface area contributed by atoms with E-state index in [1.165, 1.54) is 0 Å². The number of benzene rings is 1. The van der Waals surface area contributed by atoms with E-state index in [-0.39, 0.29) is 0 Å². The van der Waals surface area contributed by atoms with Crippen LogP contribution in [0.15, 0.2) is 29.4 Å². The second kappa shape index (κ2) is 4.69. The molecule has 0 bridgehead atoms. The maximum Gasteiger partial charge on any atom is 0.108 e. The molecule has 0 aliphatic rings. The highest BCUT2D eigenvalue weighted by Crippen LogP contribution is 2.11. The first-order valence-electron chi connectivity index (χ1n) is 4.06. The third-order valence-electron chi connectivity index (χ3n) is 1.64. The van der Waals surface area contributed by atoms with E-state index in [1.54, 1.807) is 31.2 Å². The van der Waals surface area contributed by atoms with Crippen molar-refractivity contribution in [1.29, 1.82) is 0 Å². The summed E-state index contributed by atoms with van der Waals surface area (Å²) in [6, 6.07) is 6.89. The summed E-state index contributed by atoms with van der Waals surface area (Å²) in [5, 5.41) is 14.6. The van der Waals surface area contributed by atoms with E-state index in [1.807, 2.05) is 0 Å². The van der Waals surface area contributed by atoms with E-state index in [0.717, 1.165) is 5.56 Å². The molecule has 0 radical (unpaired) electrons. The van der Waals surface area contributed by atoms with Gasteiger partial charge in [-0.25, -0.2) is 0 Å². The zero-order chi connectivity index (χ0) is 9.68. The highest BCUT2D eigenvalue weighted by molar-refractivity contribution is 5.38. The third-order valence-corrected chi connectivity index (χ3v) is 1.64. The molecule has 1 atom stereocenters. The molecule has 0 heterocycles. The van der Waals surface area contributed by atoms with Gasteiger partial charge in [0.05, 0.1) is 0 Å². The minimum atomic E-state index is -0.524. The fourth-order valence-corrected chi connectivity index (χ4v) is 0.940. The number of aliphatic hydroxyl groups is 1. The highest BCUT2D eigenvalue weighted by Gasteiger charge is 1.96. The second-order valence-electron chi connectivity index (χ2n) is 2.81. The lowest BCUT2D eigenvalue weighted by Gasteiger charge is -2.06. The van der Waals surface area contributed by atoms with Crippen LogP contribution in [0.5, 0.6) is 0 Å². The second-order valence-corrected chi connectivity index (χ2v) is 2.81. The van der Waals surface area contributed by atoms with Crippen LogP contribution in [0, 0.1) is 4.91 Å². The normalized spacial score (nSPS) is 12.5. The predicted molar refractivity (Wildman–Crippen MR) is 50.4 cm³/mol. The Balaban J connectivity index is 2.54. The fourth-order valence-electron chi connectivity index (χ4n) is 0.940. The Morgan fingerprint density at radius 2 is 2.08 bits per heavy atom. The summed E-state index contributed by atoms with van der Waals surface area (Å²) in [6.07, 6.45) is -0.524. The largest absolute Gasteiger partial charge is 0.379 e. The SMILES string of the molecule is CC(O)NCc1ccc(N=O)cc1. The van der Waals surface area contributed by atoms with Crippen molar-refractivity contribution in [2.75, 3.05) is 0 Å². The Morgan fingerprint density at radius 1 is 1.46 bits per heavy atom. The molecule has 0 aliphatic heterocycles. The number of nitrogens with one attached hydrogen (secondary N) is 1. The van der Waals surface area contributed by atoms with Crippen LogP contribution >= 0.6 is 0 Å². The maximum absolute atomic E-state index is 10.1. The number of hydrogen-bond acceptors (Lipinski definition) is 4. The summed E-state index contributed by atoms with van der Waals surface area (Å²) in [6.45, 7) is 2.23. The predicted octanol–water partition coefficient (Wildman–Crippen LogP) is 1.51. The molecular formula is C9H12N2O2. The van der Waals surface area contributed by atoms with Crippen molar-refractivity contribution in [3.05, 3.63) is 34.7 Å². The molecule has 2 N–H and O–H groups in total. The molecule has 1 rings (SSSR count). The van der Waals surface area contributed by atoms with Gasteiger partial charge in [-0.2, -0.15) is 0 Å². The molecule has 1 aromatic carbocycles. The van der Waals surface area contributed by atoms with E-state index < -0.39 is 6.23 Å². The summed E-state index contributed by atoms with van der Waals surface area (Å²) in [5.41, 5.74) is 1.43. The number of nitrogens with zero attached hydrogens (tertiary/aromatic N) is 1. The first kappa shape index (κ1) is 9.83. The van der Waals surface area contributed by atoms with Crippen molar-refractivity contribution in [3.8, 4) is 0 Å². The van der Waals surface area contributed by atoms with Crippen LogP contribution in [-0.2, 0) is 6.54 Å². The van der Waals surface area contributed by atoms with Crippen molar-refractivity contribution in [1.82, 2.24) is 5.32 Å². The molecule has 1 unspecified atom stereocenters. The van der Waals surface area contributed by atoms with Crippen LogP contribution in [-0.4, -0.2) is 11.3 Å². The van der Waals surface area contributed by atoms with Gasteiger partial charge >= 0.3 is 0 Å². The van der Waals surface area contributed by atoms with Gasteiger partial charge in [0.15, 0.2) is 0 Å². The van der Waals surface area contributed by atoms with Crippen LogP contribution in [0.4, 0.5) is 5.69 Å². The zero-order valence-electron chi connectivity index (χ0n) is 7.40. The van der Waals surface area contributed by atoms with E-state index in [2.05, 4.69) is 10.5 Å². The van der Waals surface area contributed by atoms with Crippen LogP contribution in [0.1, 0.15) is 12.5 Å².